The third kappa shape index (κ3) is 3.39. The monoisotopic (exact) mass is 230 g/mol. The molecule has 2 heterocycles. The highest BCUT2D eigenvalue weighted by molar-refractivity contribution is 6.08. The maximum absolute atomic E-state index is 5.59. The Bertz CT molecular complexity index is 391. The molecule has 17 heavy (non-hydrogen) atoms. The average Bonchev–Trinajstić information content (AvgIpc) is 2.89. The molecule has 2 rings (SSSR count). The lowest BCUT2D eigenvalue weighted by atomic mass is 10.2. The zero-order valence-corrected chi connectivity index (χ0v) is 9.84. The standard InChI is InChI=1S/C13H18N4/c14-8-11(13-5-1-2-6-17-13)9-15-10-12-4-3-7-16-12/h1-2,5-6,8-9,12,16H,3-4,7,10,14H2/b11-8+,15-9?/t12-/m0/s1. The number of nitrogens with one attached hydrogen (secondary N) is 1. The van der Waals surface area contributed by atoms with E-state index in [1.807, 2.05) is 24.4 Å². The van der Waals surface area contributed by atoms with Crippen LogP contribution in [0.3, 0.4) is 0 Å². The third-order valence-electron chi connectivity index (χ3n) is 2.86. The van der Waals surface area contributed by atoms with E-state index >= 15 is 0 Å². The van der Waals surface area contributed by atoms with Crippen LogP contribution in [-0.2, 0) is 0 Å². The van der Waals surface area contributed by atoms with Crippen molar-refractivity contribution in [3.63, 3.8) is 0 Å². The van der Waals surface area contributed by atoms with Crippen LogP contribution >= 0.6 is 0 Å². The van der Waals surface area contributed by atoms with E-state index < -0.39 is 0 Å². The molecule has 0 aliphatic carbocycles. The second-order valence-electron chi connectivity index (χ2n) is 4.12. The fraction of sp³-hybridized carbons (Fsp3) is 0.385. The number of pyridine rings is 1. The smallest absolute Gasteiger partial charge is 0.0731 e. The second-order valence-corrected chi connectivity index (χ2v) is 4.12. The molecule has 3 N–H and O–H groups in total. The van der Waals surface area contributed by atoms with Crippen molar-refractivity contribution in [3.05, 3.63) is 36.3 Å². The van der Waals surface area contributed by atoms with Crippen molar-refractivity contribution < 1.29 is 0 Å². The Morgan fingerprint density at radius 1 is 1.59 bits per heavy atom. The summed E-state index contributed by atoms with van der Waals surface area (Å²) in [7, 11) is 0. The molecule has 4 nitrogen and oxygen atoms in total. The highest BCUT2D eigenvalue weighted by atomic mass is 15.0. The predicted octanol–water partition coefficient (Wildman–Crippen LogP) is 1.20. The Morgan fingerprint density at radius 3 is 3.18 bits per heavy atom. The fourth-order valence-electron chi connectivity index (χ4n) is 1.92. The molecule has 1 atom stereocenters. The van der Waals surface area contributed by atoms with Gasteiger partial charge in [-0.1, -0.05) is 6.07 Å². The van der Waals surface area contributed by atoms with Crippen LogP contribution in [0.2, 0.25) is 0 Å². The van der Waals surface area contributed by atoms with Crippen LogP contribution in [-0.4, -0.2) is 30.3 Å². The van der Waals surface area contributed by atoms with E-state index in [9.17, 15) is 0 Å². The van der Waals surface area contributed by atoms with Crippen LogP contribution in [0.4, 0.5) is 0 Å². The van der Waals surface area contributed by atoms with Crippen LogP contribution < -0.4 is 11.1 Å². The first-order chi connectivity index (χ1) is 8.40. The van der Waals surface area contributed by atoms with Crippen LogP contribution in [0.25, 0.3) is 5.57 Å². The van der Waals surface area contributed by atoms with Gasteiger partial charge < -0.3 is 11.1 Å². The molecule has 90 valence electrons. The van der Waals surface area contributed by atoms with E-state index in [-0.39, 0.29) is 0 Å². The third-order valence-corrected chi connectivity index (χ3v) is 2.86. The van der Waals surface area contributed by atoms with Gasteiger partial charge in [-0.05, 0) is 31.5 Å². The van der Waals surface area contributed by atoms with Crippen molar-refractivity contribution >= 4 is 11.8 Å². The number of nitrogens with zero attached hydrogens (tertiary/aromatic N) is 2. The van der Waals surface area contributed by atoms with Gasteiger partial charge in [0.05, 0.1) is 12.2 Å². The van der Waals surface area contributed by atoms with Gasteiger partial charge in [-0.15, -0.1) is 0 Å². The summed E-state index contributed by atoms with van der Waals surface area (Å²) in [5.41, 5.74) is 7.31. The van der Waals surface area contributed by atoms with Gasteiger partial charge in [-0.25, -0.2) is 0 Å². The molecule has 0 saturated carbocycles. The molecular formula is C13H18N4. The van der Waals surface area contributed by atoms with Crippen molar-refractivity contribution in [2.75, 3.05) is 13.1 Å². The van der Waals surface area contributed by atoms with Crippen molar-refractivity contribution in [1.29, 1.82) is 0 Å². The largest absolute Gasteiger partial charge is 0.404 e. The highest BCUT2D eigenvalue weighted by Crippen LogP contribution is 2.08. The second kappa shape index (κ2) is 6.15. The molecular weight excluding hydrogens is 212 g/mol. The summed E-state index contributed by atoms with van der Waals surface area (Å²) in [6, 6.07) is 6.28. The summed E-state index contributed by atoms with van der Waals surface area (Å²) in [4.78, 5) is 8.67. The van der Waals surface area contributed by atoms with Crippen molar-refractivity contribution in [1.82, 2.24) is 10.3 Å². The van der Waals surface area contributed by atoms with Crippen LogP contribution in [0.15, 0.2) is 35.6 Å². The van der Waals surface area contributed by atoms with E-state index in [2.05, 4.69) is 15.3 Å². The minimum absolute atomic E-state index is 0.522. The van der Waals surface area contributed by atoms with E-state index in [1.54, 1.807) is 12.4 Å². The Kier molecular flexibility index (Phi) is 4.27. The first-order valence-electron chi connectivity index (χ1n) is 5.96. The maximum atomic E-state index is 5.59. The Labute approximate surface area is 102 Å². The maximum Gasteiger partial charge on any atom is 0.0731 e. The van der Waals surface area contributed by atoms with E-state index in [1.165, 1.54) is 12.8 Å². The number of allylic oxidation sites excluding steroid dienone is 1. The highest BCUT2D eigenvalue weighted by Gasteiger charge is 2.12. The number of hydrogen-bond acceptors (Lipinski definition) is 4. The summed E-state index contributed by atoms with van der Waals surface area (Å²) in [5.74, 6) is 0. The number of hydrogen-bond donors (Lipinski definition) is 2. The molecule has 1 saturated heterocycles. The molecule has 1 aliphatic heterocycles. The number of nitrogens with two attached hydrogens (primary N) is 1. The first-order valence-corrected chi connectivity index (χ1v) is 5.96. The summed E-state index contributed by atoms with van der Waals surface area (Å²) in [5, 5.41) is 3.41. The van der Waals surface area contributed by atoms with Gasteiger partial charge in [0.1, 0.15) is 0 Å². The van der Waals surface area contributed by atoms with Gasteiger partial charge >= 0.3 is 0 Å². The molecule has 0 unspecified atom stereocenters. The average molecular weight is 230 g/mol. The number of aliphatic imine (C=N–C) groups is 1. The molecule has 0 bridgehead atoms. The zero-order valence-electron chi connectivity index (χ0n) is 9.84. The Morgan fingerprint density at radius 2 is 2.53 bits per heavy atom. The van der Waals surface area contributed by atoms with E-state index in [4.69, 9.17) is 5.73 Å². The lowest BCUT2D eigenvalue weighted by Crippen LogP contribution is -2.24. The van der Waals surface area contributed by atoms with Crippen LogP contribution in [0.5, 0.6) is 0 Å². The zero-order chi connectivity index (χ0) is 11.9. The minimum Gasteiger partial charge on any atom is -0.404 e. The van der Waals surface area contributed by atoms with Crippen molar-refractivity contribution in [2.45, 2.75) is 18.9 Å². The van der Waals surface area contributed by atoms with Crippen molar-refractivity contribution in [2.24, 2.45) is 10.7 Å². The van der Waals surface area contributed by atoms with Crippen LogP contribution in [0, 0.1) is 0 Å². The molecule has 1 fully saturated rings. The number of rotatable bonds is 4. The summed E-state index contributed by atoms with van der Waals surface area (Å²) < 4.78 is 0. The summed E-state index contributed by atoms with van der Waals surface area (Å²) in [6.45, 7) is 1.92. The van der Waals surface area contributed by atoms with E-state index in [0.29, 0.717) is 6.04 Å². The lowest BCUT2D eigenvalue weighted by Gasteiger charge is -2.05. The SMILES string of the molecule is N/C=C(\C=NC[C@@H]1CCCN1)c1ccccn1. The predicted molar refractivity (Wildman–Crippen MR) is 70.8 cm³/mol. The molecule has 0 aromatic carbocycles. The lowest BCUT2D eigenvalue weighted by molar-refractivity contribution is 0.619. The topological polar surface area (TPSA) is 63.3 Å². The summed E-state index contributed by atoms with van der Waals surface area (Å²) in [6.07, 6.45) is 7.57. The molecule has 1 aromatic heterocycles. The van der Waals surface area contributed by atoms with Gasteiger partial charge in [0, 0.05) is 30.2 Å². The normalized spacial score (nSPS) is 21.2. The Balaban J connectivity index is 1.94. The number of aromatic nitrogens is 1. The molecule has 1 aromatic rings. The first kappa shape index (κ1) is 11.8. The molecule has 1 aliphatic rings. The van der Waals surface area contributed by atoms with Crippen LogP contribution in [0.1, 0.15) is 18.5 Å². The Hall–Kier alpha value is -1.68. The van der Waals surface area contributed by atoms with Gasteiger partial charge in [-0.2, -0.15) is 0 Å². The van der Waals surface area contributed by atoms with Gasteiger partial charge in [0.25, 0.3) is 0 Å². The molecule has 0 spiro atoms. The van der Waals surface area contributed by atoms with Gasteiger partial charge in [0.2, 0.25) is 0 Å². The fourth-order valence-corrected chi connectivity index (χ4v) is 1.92. The molecule has 4 heteroatoms. The quantitative estimate of drug-likeness (QED) is 0.764. The van der Waals surface area contributed by atoms with Gasteiger partial charge in [0.15, 0.2) is 0 Å². The summed E-state index contributed by atoms with van der Waals surface area (Å²) >= 11 is 0. The minimum atomic E-state index is 0.522. The van der Waals surface area contributed by atoms with Crippen molar-refractivity contribution in [3.8, 4) is 0 Å². The van der Waals surface area contributed by atoms with Gasteiger partial charge in [-0.3, -0.25) is 9.98 Å². The molecule has 0 amide bonds. The van der Waals surface area contributed by atoms with E-state index in [0.717, 1.165) is 24.4 Å². The molecule has 0 radical (unpaired) electrons.